The van der Waals surface area contributed by atoms with Gasteiger partial charge in [-0.15, -0.1) is 0 Å². The molecule has 2 saturated carbocycles. The third-order valence-electron chi connectivity index (χ3n) is 5.33. The zero-order valence-electron chi connectivity index (χ0n) is 10.2. The molecule has 4 fully saturated rings. The lowest BCUT2D eigenvalue weighted by Gasteiger charge is -2.49. The summed E-state index contributed by atoms with van der Waals surface area (Å²) in [5.74, 6) is 0.236. The van der Waals surface area contributed by atoms with Crippen LogP contribution in [0.1, 0.15) is 25.7 Å². The Labute approximate surface area is 106 Å². The summed E-state index contributed by atoms with van der Waals surface area (Å²) in [5.41, 5.74) is 6.14. The Kier molecular flexibility index (Phi) is 2.15. The molecule has 2 saturated heterocycles. The van der Waals surface area contributed by atoms with Crippen LogP contribution in [-0.4, -0.2) is 41.5 Å². The lowest BCUT2D eigenvalue weighted by Crippen LogP contribution is -2.70. The molecule has 2 N–H and O–H groups in total. The molecule has 0 aromatic rings. The first-order chi connectivity index (χ1) is 8.70. The van der Waals surface area contributed by atoms with Crippen molar-refractivity contribution < 1.29 is 14.3 Å². The van der Waals surface area contributed by atoms with Gasteiger partial charge in [-0.2, -0.15) is 0 Å². The van der Waals surface area contributed by atoms with Crippen molar-refractivity contribution in [2.75, 3.05) is 6.61 Å². The summed E-state index contributed by atoms with van der Waals surface area (Å²) in [4.78, 5) is 26.2. The van der Waals surface area contributed by atoms with Gasteiger partial charge in [0.1, 0.15) is 0 Å². The van der Waals surface area contributed by atoms with Gasteiger partial charge in [-0.25, -0.2) is 0 Å². The number of ether oxygens (including phenoxy) is 1. The van der Waals surface area contributed by atoms with Crippen LogP contribution in [0, 0.1) is 17.8 Å². The largest absolute Gasteiger partial charge is 0.376 e. The second-order valence-corrected chi connectivity index (χ2v) is 6.05. The summed E-state index contributed by atoms with van der Waals surface area (Å²) in [5, 5.41) is 0. The number of fused-ring (bicyclic) bond motifs is 2. The van der Waals surface area contributed by atoms with E-state index in [0.29, 0.717) is 12.5 Å². The highest BCUT2D eigenvalue weighted by atomic mass is 16.5. The van der Waals surface area contributed by atoms with Crippen molar-refractivity contribution in [3.63, 3.8) is 0 Å². The average molecular weight is 250 g/mol. The number of carbonyl (C=O) groups excluding carboxylic acids is 2. The SMILES string of the molecule is NC1C2CCOC2C1N1C(=O)C2CCCC2C1=O. The van der Waals surface area contributed by atoms with E-state index in [0.717, 1.165) is 25.7 Å². The third-order valence-corrected chi connectivity index (χ3v) is 5.33. The van der Waals surface area contributed by atoms with E-state index in [2.05, 4.69) is 0 Å². The maximum Gasteiger partial charge on any atom is 0.233 e. The van der Waals surface area contributed by atoms with Crippen molar-refractivity contribution in [1.29, 1.82) is 0 Å². The predicted octanol–water partition coefficient (Wildman–Crippen LogP) is -0.114. The Morgan fingerprint density at radius 1 is 1.11 bits per heavy atom. The Bertz CT molecular complexity index is 402. The van der Waals surface area contributed by atoms with Crippen molar-refractivity contribution in [2.24, 2.45) is 23.5 Å². The van der Waals surface area contributed by atoms with Crippen molar-refractivity contribution in [2.45, 2.75) is 43.9 Å². The van der Waals surface area contributed by atoms with Crippen LogP contribution < -0.4 is 5.73 Å². The van der Waals surface area contributed by atoms with Crippen LogP contribution in [0.4, 0.5) is 0 Å². The smallest absolute Gasteiger partial charge is 0.233 e. The van der Waals surface area contributed by atoms with E-state index in [4.69, 9.17) is 10.5 Å². The van der Waals surface area contributed by atoms with Crippen LogP contribution in [0.3, 0.4) is 0 Å². The maximum absolute atomic E-state index is 12.4. The predicted molar refractivity (Wildman–Crippen MR) is 62.3 cm³/mol. The van der Waals surface area contributed by atoms with E-state index in [9.17, 15) is 9.59 Å². The fourth-order valence-electron chi connectivity index (χ4n) is 4.35. The normalized spacial score (nSPS) is 50.4. The highest BCUT2D eigenvalue weighted by molar-refractivity contribution is 6.06. The fourth-order valence-corrected chi connectivity index (χ4v) is 4.35. The fraction of sp³-hybridized carbons (Fsp3) is 0.846. The minimum Gasteiger partial charge on any atom is -0.376 e. The molecule has 0 spiro atoms. The topological polar surface area (TPSA) is 72.6 Å². The molecule has 2 aliphatic carbocycles. The van der Waals surface area contributed by atoms with Gasteiger partial charge in [0.05, 0.1) is 24.0 Å². The van der Waals surface area contributed by atoms with Crippen molar-refractivity contribution in [3.05, 3.63) is 0 Å². The molecule has 5 heteroatoms. The van der Waals surface area contributed by atoms with Gasteiger partial charge in [-0.1, -0.05) is 6.42 Å². The average Bonchev–Trinajstić information content (AvgIpc) is 3.03. The van der Waals surface area contributed by atoms with E-state index < -0.39 is 0 Å². The number of likely N-dealkylation sites (tertiary alicyclic amines) is 1. The van der Waals surface area contributed by atoms with Gasteiger partial charge in [0.2, 0.25) is 11.8 Å². The first-order valence-corrected chi connectivity index (χ1v) is 6.94. The van der Waals surface area contributed by atoms with Crippen LogP contribution in [0.25, 0.3) is 0 Å². The first kappa shape index (κ1) is 10.9. The molecule has 18 heavy (non-hydrogen) atoms. The van der Waals surface area contributed by atoms with Crippen LogP contribution in [0.5, 0.6) is 0 Å². The van der Waals surface area contributed by atoms with Gasteiger partial charge in [-0.3, -0.25) is 14.5 Å². The van der Waals surface area contributed by atoms with Gasteiger partial charge in [0, 0.05) is 18.6 Å². The standard InChI is InChI=1S/C13H18N2O3/c14-9-8-4-5-18-11(8)10(9)15-12(16)6-2-1-3-7(6)13(15)17/h6-11H,1-5,14H2. The summed E-state index contributed by atoms with van der Waals surface area (Å²) in [7, 11) is 0. The van der Waals surface area contributed by atoms with Crippen LogP contribution in [0.2, 0.25) is 0 Å². The molecule has 2 aliphatic heterocycles. The van der Waals surface area contributed by atoms with E-state index in [-0.39, 0.29) is 41.8 Å². The second-order valence-electron chi connectivity index (χ2n) is 6.05. The summed E-state index contributed by atoms with van der Waals surface area (Å²) >= 11 is 0. The quantitative estimate of drug-likeness (QED) is 0.659. The minimum absolute atomic E-state index is 0.00623. The van der Waals surface area contributed by atoms with E-state index in [1.807, 2.05) is 0 Å². The van der Waals surface area contributed by atoms with Gasteiger partial charge in [0.15, 0.2) is 0 Å². The lowest BCUT2D eigenvalue weighted by molar-refractivity contribution is -0.155. The zero-order chi connectivity index (χ0) is 12.4. The van der Waals surface area contributed by atoms with E-state index in [1.54, 1.807) is 0 Å². The molecule has 0 aromatic carbocycles. The number of carbonyl (C=O) groups is 2. The summed E-state index contributed by atoms with van der Waals surface area (Å²) in [6.07, 6.45) is 3.70. The zero-order valence-corrected chi connectivity index (χ0v) is 10.2. The summed E-state index contributed by atoms with van der Waals surface area (Å²) in [6.45, 7) is 0.711. The molecule has 4 aliphatic rings. The number of imide groups is 1. The molecule has 2 amide bonds. The third kappa shape index (κ3) is 1.14. The first-order valence-electron chi connectivity index (χ1n) is 6.94. The lowest BCUT2D eigenvalue weighted by atomic mass is 9.71. The molecule has 0 radical (unpaired) electrons. The van der Waals surface area contributed by atoms with Gasteiger partial charge >= 0.3 is 0 Å². The van der Waals surface area contributed by atoms with E-state index >= 15 is 0 Å². The number of hydrogen-bond donors (Lipinski definition) is 1. The van der Waals surface area contributed by atoms with Gasteiger partial charge in [-0.05, 0) is 19.3 Å². The number of nitrogens with zero attached hydrogens (tertiary/aromatic N) is 1. The van der Waals surface area contributed by atoms with Gasteiger partial charge in [0.25, 0.3) is 0 Å². The molecule has 0 aromatic heterocycles. The molecule has 6 unspecified atom stereocenters. The maximum atomic E-state index is 12.4. The molecule has 4 rings (SSSR count). The molecular weight excluding hydrogens is 232 g/mol. The number of hydrogen-bond acceptors (Lipinski definition) is 4. The second kappa shape index (κ2) is 3.54. The Balaban J connectivity index is 1.62. The Hall–Kier alpha value is -0.940. The van der Waals surface area contributed by atoms with Crippen LogP contribution >= 0.6 is 0 Å². The molecule has 6 atom stereocenters. The van der Waals surface area contributed by atoms with Crippen molar-refractivity contribution in [3.8, 4) is 0 Å². The van der Waals surface area contributed by atoms with E-state index in [1.165, 1.54) is 4.90 Å². The Morgan fingerprint density at radius 3 is 2.44 bits per heavy atom. The minimum atomic E-state index is -0.192. The molecule has 5 nitrogen and oxygen atoms in total. The number of nitrogens with two attached hydrogens (primary N) is 1. The van der Waals surface area contributed by atoms with Crippen molar-refractivity contribution in [1.82, 2.24) is 4.90 Å². The number of amides is 2. The van der Waals surface area contributed by atoms with Crippen LogP contribution in [-0.2, 0) is 14.3 Å². The highest BCUT2D eigenvalue weighted by Gasteiger charge is 2.61. The van der Waals surface area contributed by atoms with Crippen molar-refractivity contribution >= 4 is 11.8 Å². The van der Waals surface area contributed by atoms with Crippen LogP contribution in [0.15, 0.2) is 0 Å². The summed E-state index contributed by atoms with van der Waals surface area (Å²) < 4.78 is 5.64. The molecule has 98 valence electrons. The highest BCUT2D eigenvalue weighted by Crippen LogP contribution is 2.47. The molecular formula is C13H18N2O3. The molecule has 2 heterocycles. The van der Waals surface area contributed by atoms with Gasteiger partial charge < -0.3 is 10.5 Å². The summed E-state index contributed by atoms with van der Waals surface area (Å²) in [6, 6.07) is -0.271. The Morgan fingerprint density at radius 2 is 1.78 bits per heavy atom. The monoisotopic (exact) mass is 250 g/mol. The number of rotatable bonds is 1. The molecule has 0 bridgehead atoms.